The zero-order chi connectivity index (χ0) is 16.9. The van der Waals surface area contributed by atoms with Gasteiger partial charge in [0.15, 0.2) is 0 Å². The van der Waals surface area contributed by atoms with Crippen molar-refractivity contribution in [3.8, 4) is 0 Å². The van der Waals surface area contributed by atoms with E-state index in [1.54, 1.807) is 4.31 Å². The van der Waals surface area contributed by atoms with Gasteiger partial charge < -0.3 is 15.5 Å². The summed E-state index contributed by atoms with van der Waals surface area (Å²) in [6.45, 7) is 6.34. The molecule has 2 heterocycles. The Hall–Kier alpha value is -0.860. The molecule has 23 heavy (non-hydrogen) atoms. The minimum absolute atomic E-state index is 0.0185. The van der Waals surface area contributed by atoms with E-state index in [4.69, 9.17) is 0 Å². The van der Waals surface area contributed by atoms with Gasteiger partial charge in [0.2, 0.25) is 10.0 Å². The number of hydrogen-bond acceptors (Lipinski definition) is 4. The molecule has 2 N–H and O–H groups in total. The quantitative estimate of drug-likeness (QED) is 0.757. The second-order valence-corrected chi connectivity index (χ2v) is 8.56. The van der Waals surface area contributed by atoms with Crippen molar-refractivity contribution in [2.24, 2.45) is 5.92 Å². The second-order valence-electron chi connectivity index (χ2n) is 6.57. The SMILES string of the molecule is CCNC(=O)N(CC1CCN(S(C)(=O)=O)CC1)C1CCNCC1. The number of rotatable bonds is 5. The highest BCUT2D eigenvalue weighted by Gasteiger charge is 2.30. The van der Waals surface area contributed by atoms with E-state index < -0.39 is 10.0 Å². The number of carbonyl (C=O) groups excluding carboxylic acids is 1. The topological polar surface area (TPSA) is 81.8 Å². The molecule has 0 bridgehead atoms. The van der Waals surface area contributed by atoms with Gasteiger partial charge in [0, 0.05) is 32.2 Å². The Bertz CT molecular complexity index is 483. The molecule has 2 saturated heterocycles. The van der Waals surface area contributed by atoms with Crippen LogP contribution in [0, 0.1) is 5.92 Å². The summed E-state index contributed by atoms with van der Waals surface area (Å²) in [7, 11) is -3.09. The normalized spacial score (nSPS) is 22.0. The molecule has 2 aliphatic rings. The van der Waals surface area contributed by atoms with Crippen molar-refractivity contribution in [1.29, 1.82) is 0 Å². The Morgan fingerprint density at radius 1 is 1.22 bits per heavy atom. The average Bonchev–Trinajstić information content (AvgIpc) is 2.53. The maximum atomic E-state index is 12.4. The number of piperidine rings is 2. The van der Waals surface area contributed by atoms with Crippen LogP contribution in [0.4, 0.5) is 4.79 Å². The predicted octanol–water partition coefficient (Wildman–Crippen LogP) is 0.442. The molecule has 0 atom stereocenters. The lowest BCUT2D eigenvalue weighted by Crippen LogP contribution is -2.52. The Morgan fingerprint density at radius 3 is 2.35 bits per heavy atom. The fourth-order valence-corrected chi connectivity index (χ4v) is 4.34. The maximum Gasteiger partial charge on any atom is 0.317 e. The van der Waals surface area contributed by atoms with Crippen LogP contribution in [0.15, 0.2) is 0 Å². The maximum absolute atomic E-state index is 12.4. The third-order valence-electron chi connectivity index (χ3n) is 4.84. The standard InChI is InChI=1S/C15H30N4O3S/c1-3-17-15(20)19(14-4-8-16-9-5-14)12-13-6-10-18(11-7-13)23(2,21)22/h13-14,16H,3-12H2,1-2H3,(H,17,20). The Morgan fingerprint density at radius 2 is 1.83 bits per heavy atom. The number of nitrogens with zero attached hydrogens (tertiary/aromatic N) is 2. The largest absolute Gasteiger partial charge is 0.338 e. The van der Waals surface area contributed by atoms with Gasteiger partial charge in [-0.2, -0.15) is 0 Å². The number of carbonyl (C=O) groups is 1. The number of sulfonamides is 1. The monoisotopic (exact) mass is 346 g/mol. The molecule has 7 nitrogen and oxygen atoms in total. The molecule has 0 aromatic carbocycles. The van der Waals surface area contributed by atoms with Crippen LogP contribution in [0.1, 0.15) is 32.6 Å². The molecule has 2 aliphatic heterocycles. The molecule has 0 radical (unpaired) electrons. The van der Waals surface area contributed by atoms with E-state index in [1.807, 2.05) is 11.8 Å². The van der Waals surface area contributed by atoms with Crippen LogP contribution in [0.25, 0.3) is 0 Å². The lowest BCUT2D eigenvalue weighted by atomic mass is 9.95. The first-order valence-electron chi connectivity index (χ1n) is 8.62. The van der Waals surface area contributed by atoms with Gasteiger partial charge in [-0.05, 0) is 51.6 Å². The second kappa shape index (κ2) is 8.30. The molecule has 2 rings (SSSR count). The first kappa shape index (κ1) is 18.5. The van der Waals surface area contributed by atoms with E-state index in [0.717, 1.165) is 45.3 Å². The molecule has 8 heteroatoms. The fourth-order valence-electron chi connectivity index (χ4n) is 3.47. The van der Waals surface area contributed by atoms with E-state index in [0.29, 0.717) is 25.6 Å². The van der Waals surface area contributed by atoms with Crippen molar-refractivity contribution in [1.82, 2.24) is 19.8 Å². The minimum Gasteiger partial charge on any atom is -0.338 e. The predicted molar refractivity (Wildman–Crippen MR) is 90.8 cm³/mol. The summed E-state index contributed by atoms with van der Waals surface area (Å²) < 4.78 is 24.7. The van der Waals surface area contributed by atoms with Crippen LogP contribution in [-0.2, 0) is 10.0 Å². The van der Waals surface area contributed by atoms with Gasteiger partial charge in [-0.3, -0.25) is 0 Å². The van der Waals surface area contributed by atoms with Crippen LogP contribution in [0.3, 0.4) is 0 Å². The third-order valence-corrected chi connectivity index (χ3v) is 6.14. The van der Waals surface area contributed by atoms with Gasteiger partial charge in [0.25, 0.3) is 0 Å². The summed E-state index contributed by atoms with van der Waals surface area (Å²) in [5, 5.41) is 6.26. The van der Waals surface area contributed by atoms with Gasteiger partial charge in [0.05, 0.1) is 6.26 Å². The van der Waals surface area contributed by atoms with Crippen molar-refractivity contribution in [3.05, 3.63) is 0 Å². The van der Waals surface area contributed by atoms with Crippen LogP contribution in [-0.4, -0.2) is 75.2 Å². The third kappa shape index (κ3) is 5.32. The van der Waals surface area contributed by atoms with Crippen molar-refractivity contribution >= 4 is 16.1 Å². The summed E-state index contributed by atoms with van der Waals surface area (Å²) in [6.07, 6.45) is 4.89. The van der Waals surface area contributed by atoms with Gasteiger partial charge in [-0.25, -0.2) is 17.5 Å². The highest BCUT2D eigenvalue weighted by Crippen LogP contribution is 2.23. The van der Waals surface area contributed by atoms with Crippen molar-refractivity contribution in [3.63, 3.8) is 0 Å². The molecule has 2 fully saturated rings. The van der Waals surface area contributed by atoms with E-state index in [9.17, 15) is 13.2 Å². The van der Waals surface area contributed by atoms with Crippen LogP contribution < -0.4 is 10.6 Å². The Balaban J connectivity index is 1.94. The number of nitrogens with one attached hydrogen (secondary N) is 2. The summed E-state index contributed by atoms with van der Waals surface area (Å²) in [6, 6.07) is 0.306. The minimum atomic E-state index is -3.09. The number of amides is 2. The van der Waals surface area contributed by atoms with Crippen molar-refractivity contribution in [2.45, 2.75) is 38.6 Å². The molecule has 0 aromatic heterocycles. The molecule has 2 amide bonds. The van der Waals surface area contributed by atoms with Crippen molar-refractivity contribution in [2.75, 3.05) is 45.5 Å². The van der Waals surface area contributed by atoms with Crippen LogP contribution >= 0.6 is 0 Å². The lowest BCUT2D eigenvalue weighted by Gasteiger charge is -2.39. The first-order chi connectivity index (χ1) is 10.9. The highest BCUT2D eigenvalue weighted by molar-refractivity contribution is 7.88. The van der Waals surface area contributed by atoms with Crippen LogP contribution in [0.5, 0.6) is 0 Å². The molecule has 0 aliphatic carbocycles. The summed E-state index contributed by atoms with van der Waals surface area (Å²) in [5.41, 5.74) is 0. The van der Waals surface area contributed by atoms with Crippen LogP contribution in [0.2, 0.25) is 0 Å². The van der Waals surface area contributed by atoms with E-state index >= 15 is 0 Å². The zero-order valence-electron chi connectivity index (χ0n) is 14.3. The Kier molecular flexibility index (Phi) is 6.67. The average molecular weight is 346 g/mol. The number of urea groups is 1. The van der Waals surface area contributed by atoms with E-state index in [2.05, 4.69) is 10.6 Å². The van der Waals surface area contributed by atoms with Gasteiger partial charge in [0.1, 0.15) is 0 Å². The molecular weight excluding hydrogens is 316 g/mol. The summed E-state index contributed by atoms with van der Waals surface area (Å²) >= 11 is 0. The Labute approximate surface area is 139 Å². The van der Waals surface area contributed by atoms with Gasteiger partial charge in [-0.1, -0.05) is 0 Å². The van der Waals surface area contributed by atoms with E-state index in [1.165, 1.54) is 6.26 Å². The molecule has 0 aromatic rings. The molecular formula is C15H30N4O3S. The fraction of sp³-hybridized carbons (Fsp3) is 0.933. The highest BCUT2D eigenvalue weighted by atomic mass is 32.2. The van der Waals surface area contributed by atoms with Gasteiger partial charge >= 0.3 is 6.03 Å². The summed E-state index contributed by atoms with van der Waals surface area (Å²) in [5.74, 6) is 0.380. The number of hydrogen-bond donors (Lipinski definition) is 2. The lowest BCUT2D eigenvalue weighted by molar-refractivity contribution is 0.131. The molecule has 134 valence electrons. The zero-order valence-corrected chi connectivity index (χ0v) is 15.1. The first-order valence-corrected chi connectivity index (χ1v) is 10.5. The van der Waals surface area contributed by atoms with Crippen molar-refractivity contribution < 1.29 is 13.2 Å². The molecule has 0 saturated carbocycles. The van der Waals surface area contributed by atoms with E-state index in [-0.39, 0.29) is 12.1 Å². The smallest absolute Gasteiger partial charge is 0.317 e. The molecule has 0 unspecified atom stereocenters. The molecule has 0 spiro atoms. The van der Waals surface area contributed by atoms with Gasteiger partial charge in [-0.15, -0.1) is 0 Å². The summed E-state index contributed by atoms with van der Waals surface area (Å²) in [4.78, 5) is 14.4.